The van der Waals surface area contributed by atoms with Gasteiger partial charge in [-0.2, -0.15) is 5.26 Å². The molecule has 0 spiro atoms. The van der Waals surface area contributed by atoms with E-state index in [0.29, 0.717) is 11.5 Å². The van der Waals surface area contributed by atoms with Crippen LogP contribution in [0.5, 0.6) is 11.5 Å². The van der Waals surface area contributed by atoms with Crippen molar-refractivity contribution in [1.82, 2.24) is 0 Å². The first-order valence-corrected chi connectivity index (χ1v) is 7.62. The molecule has 1 saturated carbocycles. The molecule has 0 N–H and O–H groups in total. The molecule has 3 nitrogen and oxygen atoms in total. The van der Waals surface area contributed by atoms with Gasteiger partial charge in [-0.05, 0) is 49.5 Å². The zero-order valence-corrected chi connectivity index (χ0v) is 12.9. The van der Waals surface area contributed by atoms with Crippen molar-refractivity contribution in [3.05, 3.63) is 29.3 Å². The van der Waals surface area contributed by atoms with Crippen molar-refractivity contribution in [1.29, 1.82) is 5.26 Å². The minimum atomic E-state index is 0.670. The van der Waals surface area contributed by atoms with Crippen LogP contribution in [-0.4, -0.2) is 13.7 Å². The summed E-state index contributed by atoms with van der Waals surface area (Å²) in [7, 11) is 1.65. The lowest BCUT2D eigenvalue weighted by atomic mass is 9.90. The summed E-state index contributed by atoms with van der Waals surface area (Å²) in [5, 5.41) is 8.83. The quantitative estimate of drug-likeness (QED) is 0.743. The minimum Gasteiger partial charge on any atom is -0.493 e. The highest BCUT2D eigenvalue weighted by Crippen LogP contribution is 2.31. The van der Waals surface area contributed by atoms with Gasteiger partial charge in [0.05, 0.1) is 19.8 Å². The summed E-state index contributed by atoms with van der Waals surface area (Å²) < 4.78 is 11.3. The molecule has 1 fully saturated rings. The lowest BCUT2D eigenvalue weighted by Gasteiger charge is -2.22. The Kier molecular flexibility index (Phi) is 5.68. The Balaban J connectivity index is 2.04. The summed E-state index contributed by atoms with van der Waals surface area (Å²) in [6.45, 7) is 2.56. The van der Waals surface area contributed by atoms with Crippen LogP contribution in [0.25, 0.3) is 6.08 Å². The first kappa shape index (κ1) is 15.4. The largest absolute Gasteiger partial charge is 0.493 e. The van der Waals surface area contributed by atoms with E-state index in [1.54, 1.807) is 14.0 Å². The summed E-state index contributed by atoms with van der Waals surface area (Å²) in [4.78, 5) is 0. The highest BCUT2D eigenvalue weighted by Gasteiger charge is 2.15. The maximum Gasteiger partial charge on any atom is 0.161 e. The van der Waals surface area contributed by atoms with Gasteiger partial charge >= 0.3 is 0 Å². The Morgan fingerprint density at radius 2 is 2.05 bits per heavy atom. The maximum absolute atomic E-state index is 8.83. The van der Waals surface area contributed by atoms with E-state index in [9.17, 15) is 0 Å². The zero-order valence-electron chi connectivity index (χ0n) is 12.9. The molecule has 0 saturated heterocycles. The highest BCUT2D eigenvalue weighted by atomic mass is 16.5. The molecule has 0 unspecified atom stereocenters. The fourth-order valence-electron chi connectivity index (χ4n) is 2.74. The zero-order chi connectivity index (χ0) is 15.1. The van der Waals surface area contributed by atoms with E-state index in [-0.39, 0.29) is 0 Å². The van der Waals surface area contributed by atoms with Crippen LogP contribution in [0.3, 0.4) is 0 Å². The molecule has 0 aliphatic heterocycles. The smallest absolute Gasteiger partial charge is 0.161 e. The summed E-state index contributed by atoms with van der Waals surface area (Å²) in [6.07, 6.45) is 8.38. The van der Waals surface area contributed by atoms with Crippen LogP contribution in [-0.2, 0) is 0 Å². The Morgan fingerprint density at radius 1 is 1.29 bits per heavy atom. The molecule has 0 heterocycles. The van der Waals surface area contributed by atoms with Crippen molar-refractivity contribution in [3.63, 3.8) is 0 Å². The molecular weight excluding hydrogens is 262 g/mol. The van der Waals surface area contributed by atoms with Gasteiger partial charge in [-0.25, -0.2) is 0 Å². The van der Waals surface area contributed by atoms with Gasteiger partial charge < -0.3 is 9.47 Å². The number of allylic oxidation sites excluding steroid dienone is 1. The second-order valence-corrected chi connectivity index (χ2v) is 5.66. The van der Waals surface area contributed by atoms with Crippen molar-refractivity contribution >= 4 is 6.08 Å². The molecule has 1 aliphatic carbocycles. The molecule has 1 aliphatic rings. The van der Waals surface area contributed by atoms with Crippen molar-refractivity contribution in [2.75, 3.05) is 13.7 Å². The second kappa shape index (κ2) is 7.73. The monoisotopic (exact) mass is 285 g/mol. The number of benzene rings is 1. The number of rotatable bonds is 5. The molecule has 2 rings (SSSR count). The third kappa shape index (κ3) is 4.53. The van der Waals surface area contributed by atoms with Gasteiger partial charge in [0.25, 0.3) is 0 Å². The van der Waals surface area contributed by atoms with Crippen LogP contribution in [0.2, 0.25) is 0 Å². The average Bonchev–Trinajstić information content (AvgIpc) is 2.54. The van der Waals surface area contributed by atoms with Crippen LogP contribution in [0.1, 0.15) is 44.6 Å². The van der Waals surface area contributed by atoms with Crippen LogP contribution >= 0.6 is 0 Å². The summed E-state index contributed by atoms with van der Waals surface area (Å²) in [6, 6.07) is 7.92. The van der Waals surface area contributed by atoms with Gasteiger partial charge in [0.15, 0.2) is 11.5 Å². The van der Waals surface area contributed by atoms with Crippen molar-refractivity contribution in [2.45, 2.75) is 39.0 Å². The number of nitriles is 1. The normalized spacial score (nSPS) is 16.3. The maximum atomic E-state index is 8.83. The van der Waals surface area contributed by atoms with Crippen molar-refractivity contribution in [3.8, 4) is 17.6 Å². The number of hydrogen-bond acceptors (Lipinski definition) is 3. The summed E-state index contributed by atoms with van der Waals surface area (Å²) in [5.74, 6) is 2.18. The Hall–Kier alpha value is -1.95. The molecule has 0 amide bonds. The number of ether oxygens (including phenoxy) is 2. The fraction of sp³-hybridized carbons (Fsp3) is 0.500. The lowest BCUT2D eigenvalue weighted by molar-refractivity contribution is 0.202. The average molecular weight is 285 g/mol. The molecule has 1 aromatic carbocycles. The summed E-state index contributed by atoms with van der Waals surface area (Å²) in [5.41, 5.74) is 1.63. The number of methoxy groups -OCH3 is 1. The van der Waals surface area contributed by atoms with Gasteiger partial charge in [-0.15, -0.1) is 0 Å². The van der Waals surface area contributed by atoms with Crippen LogP contribution in [0.4, 0.5) is 0 Å². The Labute approximate surface area is 127 Å². The van der Waals surface area contributed by atoms with E-state index >= 15 is 0 Å². The molecule has 0 bridgehead atoms. The minimum absolute atomic E-state index is 0.670. The molecule has 3 heteroatoms. The fourth-order valence-corrected chi connectivity index (χ4v) is 2.74. The van der Waals surface area contributed by atoms with Crippen LogP contribution in [0.15, 0.2) is 23.8 Å². The van der Waals surface area contributed by atoms with Gasteiger partial charge in [0.1, 0.15) is 0 Å². The van der Waals surface area contributed by atoms with E-state index in [0.717, 1.165) is 23.7 Å². The van der Waals surface area contributed by atoms with Crippen LogP contribution < -0.4 is 9.47 Å². The molecular formula is C18H23NO2. The van der Waals surface area contributed by atoms with E-state index in [1.165, 1.54) is 32.1 Å². The first-order chi connectivity index (χ1) is 10.2. The third-order valence-electron chi connectivity index (χ3n) is 3.95. The van der Waals surface area contributed by atoms with Gasteiger partial charge in [0, 0.05) is 5.57 Å². The predicted molar refractivity (Wildman–Crippen MR) is 84.3 cm³/mol. The van der Waals surface area contributed by atoms with E-state index in [4.69, 9.17) is 14.7 Å². The predicted octanol–water partition coefficient (Wildman–Crippen LogP) is 4.58. The van der Waals surface area contributed by atoms with E-state index in [2.05, 4.69) is 6.07 Å². The lowest BCUT2D eigenvalue weighted by Crippen LogP contribution is -2.15. The van der Waals surface area contributed by atoms with Gasteiger partial charge in [-0.3, -0.25) is 0 Å². The van der Waals surface area contributed by atoms with E-state index < -0.39 is 0 Å². The van der Waals surface area contributed by atoms with Gasteiger partial charge in [0.2, 0.25) is 0 Å². The molecule has 0 aromatic heterocycles. The Morgan fingerprint density at radius 3 is 2.71 bits per heavy atom. The first-order valence-electron chi connectivity index (χ1n) is 7.62. The molecule has 0 radical (unpaired) electrons. The van der Waals surface area contributed by atoms with Crippen molar-refractivity contribution < 1.29 is 9.47 Å². The Bertz CT molecular complexity index is 537. The molecule has 112 valence electrons. The van der Waals surface area contributed by atoms with Gasteiger partial charge in [-0.1, -0.05) is 25.3 Å². The molecule has 1 aromatic rings. The highest BCUT2D eigenvalue weighted by molar-refractivity contribution is 5.60. The third-order valence-corrected chi connectivity index (χ3v) is 3.95. The summed E-state index contributed by atoms with van der Waals surface area (Å²) >= 11 is 0. The number of nitrogens with zero attached hydrogens (tertiary/aromatic N) is 1. The van der Waals surface area contributed by atoms with E-state index in [1.807, 2.05) is 24.3 Å². The topological polar surface area (TPSA) is 42.2 Å². The molecule has 21 heavy (non-hydrogen) atoms. The SMILES string of the molecule is COc1cc(/C=C(/C)C#N)ccc1OCC1CCCCC1. The van der Waals surface area contributed by atoms with Crippen molar-refractivity contribution in [2.24, 2.45) is 5.92 Å². The second-order valence-electron chi connectivity index (χ2n) is 5.66. The van der Waals surface area contributed by atoms with Crippen LogP contribution in [0, 0.1) is 17.2 Å². The molecule has 0 atom stereocenters. The number of hydrogen-bond donors (Lipinski definition) is 0. The standard InChI is InChI=1S/C18H23NO2/c1-14(12-19)10-16-8-9-17(18(11-16)20-2)21-13-15-6-4-3-5-7-15/h8-11,15H,3-7,13H2,1-2H3/b14-10-.